The lowest BCUT2D eigenvalue weighted by molar-refractivity contribution is -1.02. The Kier molecular flexibility index (Phi) is 5.84. The molecule has 1 aliphatic carbocycles. The summed E-state index contributed by atoms with van der Waals surface area (Å²) in [6.07, 6.45) is 7.82. The Morgan fingerprint density at radius 3 is 2.66 bits per heavy atom. The quantitative estimate of drug-likeness (QED) is 0.776. The minimum atomic E-state index is 0.422. The number of hydrogen-bond donors (Lipinski definition) is 2. The van der Waals surface area contributed by atoms with Crippen LogP contribution in [0, 0.1) is 5.92 Å². The van der Waals surface area contributed by atoms with Crippen LogP contribution in [0.3, 0.4) is 0 Å². The van der Waals surface area contributed by atoms with E-state index in [-0.39, 0.29) is 0 Å². The number of rotatable bonds is 4. The minimum absolute atomic E-state index is 0.422. The Hall–Kier alpha value is -1.50. The number of hydrogen-bond acceptors (Lipinski definition) is 3. The van der Waals surface area contributed by atoms with Gasteiger partial charge in [-0.3, -0.25) is 4.79 Å². The molecule has 5 rings (SSSR count). The maximum atomic E-state index is 13.1. The second-order valence-electron chi connectivity index (χ2n) is 9.27. The van der Waals surface area contributed by atoms with Crippen molar-refractivity contribution in [3.05, 3.63) is 29.3 Å². The molecule has 3 fully saturated rings. The van der Waals surface area contributed by atoms with Crippen LogP contribution in [0.15, 0.2) is 24.3 Å². The number of para-hydroxylation sites is 1. The molecular weight excluding hydrogens is 380 g/mol. The van der Waals surface area contributed by atoms with Crippen molar-refractivity contribution in [1.29, 1.82) is 0 Å². The van der Waals surface area contributed by atoms with Crippen LogP contribution in [0.25, 0.3) is 10.2 Å². The Bertz CT molecular complexity index is 809. The number of likely N-dealkylation sites (tertiary alicyclic amines) is 1. The summed E-state index contributed by atoms with van der Waals surface area (Å²) < 4.78 is 1.29. The van der Waals surface area contributed by atoms with Crippen molar-refractivity contribution in [2.75, 3.05) is 39.3 Å². The molecule has 29 heavy (non-hydrogen) atoms. The lowest BCUT2D eigenvalue weighted by atomic mass is 9.78. The van der Waals surface area contributed by atoms with E-state index in [0.29, 0.717) is 18.5 Å². The highest BCUT2D eigenvalue weighted by atomic mass is 32.1. The van der Waals surface area contributed by atoms with Crippen LogP contribution in [0.2, 0.25) is 0 Å². The molecular formula is C23H34N4OS+2. The van der Waals surface area contributed by atoms with Gasteiger partial charge in [-0.2, -0.15) is 0 Å². The van der Waals surface area contributed by atoms with Crippen molar-refractivity contribution >= 4 is 27.5 Å². The highest BCUT2D eigenvalue weighted by Gasteiger charge is 2.37. The Balaban J connectivity index is 1.12. The van der Waals surface area contributed by atoms with E-state index in [1.165, 1.54) is 53.1 Å². The number of benzene rings is 1. The number of thiazole rings is 1. The van der Waals surface area contributed by atoms with Crippen LogP contribution in [0.5, 0.6) is 0 Å². The molecule has 3 aliphatic rings. The zero-order valence-corrected chi connectivity index (χ0v) is 18.2. The Morgan fingerprint density at radius 1 is 1.03 bits per heavy atom. The molecule has 2 aliphatic heterocycles. The van der Waals surface area contributed by atoms with E-state index >= 15 is 0 Å². The van der Waals surface area contributed by atoms with Crippen molar-refractivity contribution in [3.8, 4) is 0 Å². The first kappa shape index (κ1) is 19.5. The first-order valence-electron chi connectivity index (χ1n) is 11.6. The number of quaternary nitrogens is 2. The second-order valence-corrected chi connectivity index (χ2v) is 10.4. The van der Waals surface area contributed by atoms with Gasteiger partial charge in [0.25, 0.3) is 5.91 Å². The van der Waals surface area contributed by atoms with E-state index < -0.39 is 0 Å². The van der Waals surface area contributed by atoms with Gasteiger partial charge in [0.15, 0.2) is 6.54 Å². The third-order valence-corrected chi connectivity index (χ3v) is 8.40. The molecule has 0 spiro atoms. The molecule has 2 saturated heterocycles. The van der Waals surface area contributed by atoms with E-state index in [1.807, 2.05) is 11.3 Å². The number of aromatic nitrogens is 1. The maximum Gasteiger partial charge on any atom is 0.278 e. The van der Waals surface area contributed by atoms with Crippen LogP contribution < -0.4 is 9.80 Å². The van der Waals surface area contributed by atoms with Gasteiger partial charge in [-0.15, -0.1) is 11.3 Å². The summed E-state index contributed by atoms with van der Waals surface area (Å²) in [6, 6.07) is 8.98. The molecule has 0 radical (unpaired) electrons. The number of carbonyl (C=O) groups excluding carboxylic acids is 1. The summed E-state index contributed by atoms with van der Waals surface area (Å²) >= 11 is 1.83. The molecule has 3 heterocycles. The third kappa shape index (κ3) is 4.35. The number of nitrogens with one attached hydrogen (secondary N) is 2. The fourth-order valence-corrected chi connectivity index (χ4v) is 6.81. The van der Waals surface area contributed by atoms with Gasteiger partial charge in [0.2, 0.25) is 0 Å². The number of piperazine rings is 1. The van der Waals surface area contributed by atoms with Gasteiger partial charge < -0.3 is 14.7 Å². The van der Waals surface area contributed by atoms with Gasteiger partial charge >= 0.3 is 0 Å². The largest absolute Gasteiger partial charge is 0.335 e. The molecule has 5 nitrogen and oxygen atoms in total. The van der Waals surface area contributed by atoms with Gasteiger partial charge in [0.05, 0.1) is 10.2 Å². The maximum absolute atomic E-state index is 13.1. The molecule has 1 amide bonds. The summed E-state index contributed by atoms with van der Waals surface area (Å²) in [5.41, 5.74) is 1.13. The van der Waals surface area contributed by atoms with Crippen LogP contribution >= 0.6 is 11.3 Å². The van der Waals surface area contributed by atoms with Crippen molar-refractivity contribution in [1.82, 2.24) is 9.88 Å². The second kappa shape index (κ2) is 8.70. The lowest BCUT2D eigenvalue weighted by Crippen LogP contribution is -3.28. The van der Waals surface area contributed by atoms with Crippen molar-refractivity contribution in [2.45, 2.75) is 51.1 Å². The van der Waals surface area contributed by atoms with Crippen LogP contribution in [-0.4, -0.2) is 61.1 Å². The van der Waals surface area contributed by atoms with E-state index in [1.54, 1.807) is 4.90 Å². The Morgan fingerprint density at radius 2 is 1.79 bits per heavy atom. The monoisotopic (exact) mass is 414 g/mol. The highest BCUT2D eigenvalue weighted by molar-refractivity contribution is 7.18. The molecule has 0 bridgehead atoms. The molecule has 2 aromatic rings. The summed E-state index contributed by atoms with van der Waals surface area (Å²) in [7, 11) is 0. The molecule has 2 N–H and O–H groups in total. The van der Waals surface area contributed by atoms with E-state index in [9.17, 15) is 4.79 Å². The van der Waals surface area contributed by atoms with Gasteiger partial charge in [-0.1, -0.05) is 25.0 Å². The fraction of sp³-hybridized carbons (Fsp3) is 0.652. The number of piperidine rings is 1. The van der Waals surface area contributed by atoms with Gasteiger partial charge in [-0.05, 0) is 43.7 Å². The van der Waals surface area contributed by atoms with E-state index in [0.717, 1.165) is 50.7 Å². The fourth-order valence-electron chi connectivity index (χ4n) is 5.77. The average Bonchev–Trinajstić information content (AvgIpc) is 3.17. The first-order valence-corrected chi connectivity index (χ1v) is 12.4. The van der Waals surface area contributed by atoms with Crippen molar-refractivity contribution in [2.24, 2.45) is 5.92 Å². The third-order valence-electron chi connectivity index (χ3n) is 7.37. The summed E-state index contributed by atoms with van der Waals surface area (Å²) in [5.74, 6) is 1.21. The van der Waals surface area contributed by atoms with Crippen LogP contribution in [-0.2, 0) is 11.3 Å². The standard InChI is InChI=1S/C23H32N4OS/c28-23(27-11-5-7-18-6-1-3-9-20(18)27)17-26-14-12-25(13-15-26)16-22-24-19-8-2-4-10-21(19)29-22/h2,4,8,10,18,20H,1,3,5-7,9,11-17H2/p+2/t18-,20-/m0/s1. The summed E-state index contributed by atoms with van der Waals surface area (Å²) in [5, 5.41) is 1.25. The predicted octanol–water partition coefficient (Wildman–Crippen LogP) is 0.761. The number of fused-ring (bicyclic) bond motifs is 2. The van der Waals surface area contributed by atoms with Crippen LogP contribution in [0.4, 0.5) is 0 Å². The zero-order valence-electron chi connectivity index (χ0n) is 17.4. The van der Waals surface area contributed by atoms with Gasteiger partial charge in [0.1, 0.15) is 37.7 Å². The molecule has 1 aromatic carbocycles. The molecule has 2 atom stereocenters. The average molecular weight is 415 g/mol. The number of carbonyl (C=O) groups is 1. The minimum Gasteiger partial charge on any atom is -0.335 e. The first-order chi connectivity index (χ1) is 14.3. The summed E-state index contributed by atoms with van der Waals surface area (Å²) in [6.45, 7) is 7.23. The van der Waals surface area contributed by atoms with Gasteiger partial charge in [0, 0.05) is 12.6 Å². The number of nitrogens with zero attached hydrogens (tertiary/aromatic N) is 2. The smallest absolute Gasteiger partial charge is 0.278 e. The molecule has 156 valence electrons. The normalized spacial score (nSPS) is 30.3. The Labute approximate surface area is 177 Å². The zero-order chi connectivity index (χ0) is 19.6. The summed E-state index contributed by atoms with van der Waals surface area (Å²) in [4.78, 5) is 23.3. The SMILES string of the molecule is O=C(C[NH+]1CC[NH+](Cc2nc3ccccc3s2)CC1)N1CCC[C@@H]2CCCC[C@@H]21. The molecule has 0 unspecified atom stereocenters. The lowest BCUT2D eigenvalue weighted by Gasteiger charge is -2.44. The number of amides is 1. The van der Waals surface area contributed by atoms with Crippen molar-refractivity contribution < 1.29 is 14.6 Å². The molecule has 6 heteroatoms. The molecule has 1 aromatic heterocycles. The van der Waals surface area contributed by atoms with Gasteiger partial charge in [-0.25, -0.2) is 4.98 Å². The van der Waals surface area contributed by atoms with Crippen molar-refractivity contribution in [3.63, 3.8) is 0 Å². The van der Waals surface area contributed by atoms with E-state index in [2.05, 4.69) is 29.2 Å². The predicted molar refractivity (Wildman–Crippen MR) is 116 cm³/mol. The van der Waals surface area contributed by atoms with E-state index in [4.69, 9.17) is 4.98 Å². The molecule has 1 saturated carbocycles. The highest BCUT2D eigenvalue weighted by Crippen LogP contribution is 2.35. The van der Waals surface area contributed by atoms with Crippen LogP contribution in [0.1, 0.15) is 43.5 Å². The topological polar surface area (TPSA) is 42.1 Å².